The van der Waals surface area contributed by atoms with Crippen LogP contribution in [0.25, 0.3) is 0 Å². The fourth-order valence-corrected chi connectivity index (χ4v) is 3.60. The molecule has 1 aromatic heterocycles. The minimum Gasteiger partial charge on any atom is -0.482 e. The van der Waals surface area contributed by atoms with Crippen molar-refractivity contribution in [3.63, 3.8) is 0 Å². The Morgan fingerprint density at radius 1 is 1.28 bits per heavy atom. The molecular formula is C20H20ClFN4O2S. The quantitative estimate of drug-likeness (QED) is 0.541. The van der Waals surface area contributed by atoms with Crippen LogP contribution >= 0.6 is 23.4 Å². The van der Waals surface area contributed by atoms with Crippen LogP contribution in [0.1, 0.15) is 24.4 Å². The number of hydrogen-bond donors (Lipinski definition) is 1. The molecule has 29 heavy (non-hydrogen) atoms. The molecule has 0 aliphatic carbocycles. The Morgan fingerprint density at radius 2 is 2.00 bits per heavy atom. The van der Waals surface area contributed by atoms with Crippen LogP contribution in [-0.2, 0) is 11.8 Å². The standard InChI is InChI=1S/C20H20ClFN4O2S/c1-12-10-14(21)4-9-17(12)28-13(2)19-24-25-20(26(19)3)29-11-18(27)23-16-7-5-15(22)6-8-16/h4-10,13H,11H2,1-3H3,(H,23,27). The van der Waals surface area contributed by atoms with Gasteiger partial charge in [0.15, 0.2) is 17.1 Å². The zero-order valence-electron chi connectivity index (χ0n) is 16.1. The first-order valence-corrected chi connectivity index (χ1v) is 10.2. The fraction of sp³-hybridized carbons (Fsp3) is 0.250. The summed E-state index contributed by atoms with van der Waals surface area (Å²) in [5.74, 6) is 0.939. The van der Waals surface area contributed by atoms with Crippen LogP contribution < -0.4 is 10.1 Å². The molecule has 0 spiro atoms. The maximum atomic E-state index is 12.9. The number of hydrogen-bond acceptors (Lipinski definition) is 5. The number of rotatable bonds is 7. The smallest absolute Gasteiger partial charge is 0.234 e. The van der Waals surface area contributed by atoms with Gasteiger partial charge in [-0.15, -0.1) is 10.2 Å². The summed E-state index contributed by atoms with van der Waals surface area (Å²) >= 11 is 7.24. The van der Waals surface area contributed by atoms with Gasteiger partial charge in [0.1, 0.15) is 11.6 Å². The van der Waals surface area contributed by atoms with Crippen LogP contribution in [0.3, 0.4) is 0 Å². The van der Waals surface area contributed by atoms with Crippen molar-refractivity contribution in [1.29, 1.82) is 0 Å². The Kier molecular flexibility index (Phi) is 6.76. The first-order chi connectivity index (χ1) is 13.8. The largest absolute Gasteiger partial charge is 0.482 e. The number of aromatic nitrogens is 3. The number of benzene rings is 2. The lowest BCUT2D eigenvalue weighted by Gasteiger charge is -2.16. The lowest BCUT2D eigenvalue weighted by Crippen LogP contribution is -2.15. The van der Waals surface area contributed by atoms with Crippen molar-refractivity contribution in [3.05, 3.63) is 64.7 Å². The van der Waals surface area contributed by atoms with Crippen LogP contribution in [0.2, 0.25) is 5.02 Å². The molecule has 3 rings (SSSR count). The third-order valence-electron chi connectivity index (χ3n) is 4.13. The maximum Gasteiger partial charge on any atom is 0.234 e. The molecule has 0 fully saturated rings. The van der Waals surface area contributed by atoms with Gasteiger partial charge in [-0.1, -0.05) is 23.4 Å². The molecule has 0 aliphatic heterocycles. The number of ether oxygens (including phenoxy) is 1. The van der Waals surface area contributed by atoms with E-state index in [0.29, 0.717) is 21.7 Å². The van der Waals surface area contributed by atoms with E-state index in [1.165, 1.54) is 36.0 Å². The van der Waals surface area contributed by atoms with Gasteiger partial charge in [-0.25, -0.2) is 4.39 Å². The summed E-state index contributed by atoms with van der Waals surface area (Å²) in [4.78, 5) is 12.1. The predicted octanol–water partition coefficient (Wildman–Crippen LogP) is 4.79. The van der Waals surface area contributed by atoms with Crippen LogP contribution in [0, 0.1) is 12.7 Å². The van der Waals surface area contributed by atoms with Crippen molar-refractivity contribution in [2.75, 3.05) is 11.1 Å². The van der Waals surface area contributed by atoms with Gasteiger partial charge in [0.2, 0.25) is 5.91 Å². The summed E-state index contributed by atoms with van der Waals surface area (Å²) in [5.41, 5.74) is 1.47. The molecule has 6 nitrogen and oxygen atoms in total. The van der Waals surface area contributed by atoms with E-state index in [2.05, 4.69) is 15.5 Å². The Labute approximate surface area is 177 Å². The molecule has 0 aliphatic rings. The van der Waals surface area contributed by atoms with E-state index in [1.807, 2.05) is 33.0 Å². The number of halogens is 2. The second-order valence-corrected chi connectivity index (χ2v) is 7.79. The number of carbonyl (C=O) groups excluding carboxylic acids is 1. The van der Waals surface area contributed by atoms with Gasteiger partial charge in [-0.05, 0) is 61.9 Å². The summed E-state index contributed by atoms with van der Waals surface area (Å²) in [6, 6.07) is 11.0. The Balaban J connectivity index is 1.59. The minimum atomic E-state index is -0.353. The second kappa shape index (κ2) is 9.28. The van der Waals surface area contributed by atoms with E-state index >= 15 is 0 Å². The average molecular weight is 435 g/mol. The molecule has 1 amide bonds. The first kappa shape index (κ1) is 21.1. The van der Waals surface area contributed by atoms with Crippen molar-refractivity contribution in [3.8, 4) is 5.75 Å². The molecule has 2 aromatic carbocycles. The number of nitrogens with one attached hydrogen (secondary N) is 1. The molecule has 1 heterocycles. The van der Waals surface area contributed by atoms with Gasteiger partial charge >= 0.3 is 0 Å². The zero-order chi connectivity index (χ0) is 21.0. The average Bonchev–Trinajstić information content (AvgIpc) is 3.05. The highest BCUT2D eigenvalue weighted by Gasteiger charge is 2.18. The Hall–Kier alpha value is -2.58. The predicted molar refractivity (Wildman–Crippen MR) is 112 cm³/mol. The number of carbonyl (C=O) groups is 1. The summed E-state index contributed by atoms with van der Waals surface area (Å²) in [6.07, 6.45) is -0.338. The third-order valence-corrected chi connectivity index (χ3v) is 5.39. The topological polar surface area (TPSA) is 69.0 Å². The van der Waals surface area contributed by atoms with Gasteiger partial charge in [-0.3, -0.25) is 4.79 Å². The molecule has 1 atom stereocenters. The maximum absolute atomic E-state index is 12.9. The van der Waals surface area contributed by atoms with Gasteiger partial charge in [-0.2, -0.15) is 0 Å². The lowest BCUT2D eigenvalue weighted by atomic mass is 10.2. The van der Waals surface area contributed by atoms with Crippen molar-refractivity contribution < 1.29 is 13.9 Å². The fourth-order valence-electron chi connectivity index (χ4n) is 2.65. The number of anilines is 1. The van der Waals surface area contributed by atoms with Gasteiger partial charge < -0.3 is 14.6 Å². The lowest BCUT2D eigenvalue weighted by molar-refractivity contribution is -0.113. The molecule has 0 bridgehead atoms. The zero-order valence-corrected chi connectivity index (χ0v) is 17.7. The van der Waals surface area contributed by atoms with E-state index < -0.39 is 0 Å². The van der Waals surface area contributed by atoms with Crippen molar-refractivity contribution >= 4 is 35.0 Å². The molecule has 9 heteroatoms. The van der Waals surface area contributed by atoms with Crippen LogP contribution in [-0.4, -0.2) is 26.4 Å². The molecule has 0 radical (unpaired) electrons. The molecule has 1 unspecified atom stereocenters. The van der Waals surface area contributed by atoms with E-state index in [9.17, 15) is 9.18 Å². The summed E-state index contributed by atoms with van der Waals surface area (Å²) in [6.45, 7) is 3.80. The van der Waals surface area contributed by atoms with Crippen molar-refractivity contribution in [2.24, 2.45) is 7.05 Å². The van der Waals surface area contributed by atoms with Crippen LogP contribution in [0.5, 0.6) is 5.75 Å². The van der Waals surface area contributed by atoms with E-state index in [1.54, 1.807) is 10.6 Å². The summed E-state index contributed by atoms with van der Waals surface area (Å²) in [5, 5.41) is 12.3. The van der Waals surface area contributed by atoms with Gasteiger partial charge in [0.25, 0.3) is 0 Å². The molecule has 0 saturated carbocycles. The molecule has 1 N–H and O–H groups in total. The molecule has 0 saturated heterocycles. The van der Waals surface area contributed by atoms with Crippen molar-refractivity contribution in [1.82, 2.24) is 14.8 Å². The van der Waals surface area contributed by atoms with Gasteiger partial charge in [0, 0.05) is 17.8 Å². The number of nitrogens with zero attached hydrogens (tertiary/aromatic N) is 3. The van der Waals surface area contributed by atoms with Gasteiger partial charge in [0.05, 0.1) is 5.75 Å². The monoisotopic (exact) mass is 434 g/mol. The minimum absolute atomic E-state index is 0.148. The van der Waals surface area contributed by atoms with E-state index in [-0.39, 0.29) is 23.6 Å². The first-order valence-electron chi connectivity index (χ1n) is 8.84. The van der Waals surface area contributed by atoms with E-state index in [4.69, 9.17) is 16.3 Å². The molecule has 152 valence electrons. The normalized spacial score (nSPS) is 11.9. The highest BCUT2D eigenvalue weighted by molar-refractivity contribution is 7.99. The summed E-state index contributed by atoms with van der Waals surface area (Å²) < 4.78 is 20.7. The number of aryl methyl sites for hydroxylation is 1. The van der Waals surface area contributed by atoms with Crippen molar-refractivity contribution in [2.45, 2.75) is 25.1 Å². The van der Waals surface area contributed by atoms with Crippen LogP contribution in [0.15, 0.2) is 47.6 Å². The molecular weight excluding hydrogens is 415 g/mol. The SMILES string of the molecule is Cc1cc(Cl)ccc1OC(C)c1nnc(SCC(=O)Nc2ccc(F)cc2)n1C. The molecule has 3 aromatic rings. The Morgan fingerprint density at radius 3 is 2.69 bits per heavy atom. The Bertz CT molecular complexity index is 1010. The summed E-state index contributed by atoms with van der Waals surface area (Å²) in [7, 11) is 1.82. The second-order valence-electron chi connectivity index (χ2n) is 6.41. The number of amides is 1. The third kappa shape index (κ3) is 5.48. The van der Waals surface area contributed by atoms with Crippen LogP contribution in [0.4, 0.5) is 10.1 Å². The highest BCUT2D eigenvalue weighted by atomic mass is 35.5. The number of thioether (sulfide) groups is 1. The van der Waals surface area contributed by atoms with E-state index in [0.717, 1.165) is 11.3 Å². The highest BCUT2D eigenvalue weighted by Crippen LogP contribution is 2.27.